The molecule has 0 spiro atoms. The highest BCUT2D eigenvalue weighted by Crippen LogP contribution is 2.26. The first kappa shape index (κ1) is 25.3. The monoisotopic (exact) mass is 498 g/mol. The molecule has 0 saturated heterocycles. The fourth-order valence-electron chi connectivity index (χ4n) is 3.13. The first-order valence-electron chi connectivity index (χ1n) is 10.8. The molecule has 0 radical (unpaired) electrons. The Morgan fingerprint density at radius 3 is 2.06 bits per heavy atom. The van der Waals surface area contributed by atoms with Crippen molar-refractivity contribution in [1.82, 2.24) is 20.6 Å². The number of halogens is 1. The first-order chi connectivity index (χ1) is 16.3. The number of thiol groups is 1. The second kappa shape index (κ2) is 12.2. The average molecular weight is 499 g/mol. The van der Waals surface area contributed by atoms with E-state index in [1.54, 1.807) is 30.3 Å². The van der Waals surface area contributed by atoms with Gasteiger partial charge in [-0.05, 0) is 43.3 Å². The predicted molar refractivity (Wildman–Crippen MR) is 139 cm³/mol. The Hall–Kier alpha value is -3.30. The van der Waals surface area contributed by atoms with Gasteiger partial charge < -0.3 is 21.3 Å². The third kappa shape index (κ3) is 7.10. The van der Waals surface area contributed by atoms with Crippen LogP contribution in [-0.2, 0) is 4.79 Å². The number of amides is 2. The van der Waals surface area contributed by atoms with Crippen LogP contribution < -0.4 is 21.3 Å². The summed E-state index contributed by atoms with van der Waals surface area (Å²) in [6.45, 7) is 5.22. The highest BCUT2D eigenvalue weighted by Gasteiger charge is 2.13. The van der Waals surface area contributed by atoms with Gasteiger partial charge in [0.15, 0.2) is 5.82 Å². The molecule has 0 atom stereocenters. The molecule has 0 fully saturated rings. The Bertz CT molecular complexity index is 1160. The quantitative estimate of drug-likeness (QED) is 0.215. The summed E-state index contributed by atoms with van der Waals surface area (Å²) in [6.07, 6.45) is 0. The van der Waals surface area contributed by atoms with Gasteiger partial charge in [-0.25, -0.2) is 9.97 Å². The van der Waals surface area contributed by atoms with Gasteiger partial charge in [0, 0.05) is 54.1 Å². The molecular formula is C24H27ClN6O2S. The predicted octanol–water partition coefficient (Wildman–Crippen LogP) is 3.78. The molecular weight excluding hydrogens is 472 g/mol. The Morgan fingerprint density at radius 2 is 1.47 bits per heavy atom. The molecule has 1 heterocycles. The van der Waals surface area contributed by atoms with Crippen LogP contribution >= 0.6 is 24.2 Å². The van der Waals surface area contributed by atoms with Crippen LogP contribution in [0.25, 0.3) is 11.4 Å². The van der Waals surface area contributed by atoms with E-state index in [-0.39, 0.29) is 11.8 Å². The van der Waals surface area contributed by atoms with E-state index in [1.807, 2.05) is 25.1 Å². The van der Waals surface area contributed by atoms with Crippen molar-refractivity contribution in [2.75, 3.05) is 36.8 Å². The molecule has 0 aliphatic carbocycles. The van der Waals surface area contributed by atoms with Crippen LogP contribution in [0.1, 0.15) is 22.8 Å². The maximum absolute atomic E-state index is 12.4. The fraction of sp³-hybridized carbons (Fsp3) is 0.250. The summed E-state index contributed by atoms with van der Waals surface area (Å²) < 4.78 is 0. The number of nitrogens with zero attached hydrogens (tertiary/aromatic N) is 2. The molecule has 178 valence electrons. The van der Waals surface area contributed by atoms with Gasteiger partial charge in [-0.1, -0.05) is 23.7 Å². The van der Waals surface area contributed by atoms with Crippen molar-refractivity contribution >= 4 is 47.7 Å². The standard InChI is InChI=1S/C24H27ClN6O2S/c1-15-21(27-12-11-26-16(2)32)30-23(17-7-9-18(25)10-8-17)31-22(15)28-13-14-29-24(33)19-5-3-4-6-20(19)34/h3-10,34H,11-14H2,1-2H3,(H,26,32)(H,29,33)(H2,27,28,30,31). The lowest BCUT2D eigenvalue weighted by Crippen LogP contribution is -2.29. The molecule has 0 aliphatic heterocycles. The number of anilines is 2. The Balaban J connectivity index is 1.71. The van der Waals surface area contributed by atoms with Crippen molar-refractivity contribution in [3.05, 3.63) is 64.7 Å². The highest BCUT2D eigenvalue weighted by atomic mass is 35.5. The van der Waals surface area contributed by atoms with Crippen molar-refractivity contribution < 1.29 is 9.59 Å². The molecule has 0 aliphatic rings. The van der Waals surface area contributed by atoms with Crippen LogP contribution in [0.5, 0.6) is 0 Å². The minimum Gasteiger partial charge on any atom is -0.368 e. The molecule has 0 saturated carbocycles. The lowest BCUT2D eigenvalue weighted by Gasteiger charge is -2.16. The second-order valence-corrected chi connectivity index (χ2v) is 8.40. The van der Waals surface area contributed by atoms with Gasteiger partial charge in [0.1, 0.15) is 11.6 Å². The van der Waals surface area contributed by atoms with E-state index in [2.05, 4.69) is 43.9 Å². The van der Waals surface area contributed by atoms with E-state index in [1.165, 1.54) is 6.92 Å². The number of rotatable bonds is 10. The second-order valence-electron chi connectivity index (χ2n) is 7.49. The summed E-state index contributed by atoms with van der Waals surface area (Å²) in [7, 11) is 0. The number of hydrogen-bond acceptors (Lipinski definition) is 7. The molecule has 0 unspecified atom stereocenters. The normalized spacial score (nSPS) is 10.5. The molecule has 4 N–H and O–H groups in total. The zero-order valence-electron chi connectivity index (χ0n) is 19.0. The van der Waals surface area contributed by atoms with Crippen molar-refractivity contribution in [3.8, 4) is 11.4 Å². The first-order valence-corrected chi connectivity index (χ1v) is 11.6. The van der Waals surface area contributed by atoms with Crippen LogP contribution in [0.3, 0.4) is 0 Å². The van der Waals surface area contributed by atoms with Crippen LogP contribution in [0.15, 0.2) is 53.4 Å². The van der Waals surface area contributed by atoms with Crippen LogP contribution in [-0.4, -0.2) is 48.0 Å². The van der Waals surface area contributed by atoms with Crippen molar-refractivity contribution in [3.63, 3.8) is 0 Å². The van der Waals surface area contributed by atoms with Gasteiger partial charge in [0.2, 0.25) is 5.91 Å². The molecule has 10 heteroatoms. The van der Waals surface area contributed by atoms with E-state index in [0.717, 1.165) is 11.1 Å². The summed E-state index contributed by atoms with van der Waals surface area (Å²) in [5.74, 6) is 1.55. The Kier molecular flexibility index (Phi) is 9.12. The summed E-state index contributed by atoms with van der Waals surface area (Å²) in [5.41, 5.74) is 2.17. The van der Waals surface area contributed by atoms with Crippen LogP contribution in [0.4, 0.5) is 11.6 Å². The fourth-order valence-corrected chi connectivity index (χ4v) is 3.51. The van der Waals surface area contributed by atoms with Gasteiger partial charge in [-0.15, -0.1) is 12.6 Å². The maximum Gasteiger partial charge on any atom is 0.252 e. The lowest BCUT2D eigenvalue weighted by atomic mass is 10.2. The Morgan fingerprint density at radius 1 is 0.882 bits per heavy atom. The maximum atomic E-state index is 12.4. The largest absolute Gasteiger partial charge is 0.368 e. The smallest absolute Gasteiger partial charge is 0.252 e. The molecule has 2 amide bonds. The summed E-state index contributed by atoms with van der Waals surface area (Å²) in [4.78, 5) is 33.5. The number of nitrogens with one attached hydrogen (secondary N) is 4. The van der Waals surface area contributed by atoms with E-state index >= 15 is 0 Å². The summed E-state index contributed by atoms with van der Waals surface area (Å²) in [5, 5.41) is 12.8. The molecule has 2 aromatic carbocycles. The summed E-state index contributed by atoms with van der Waals surface area (Å²) in [6, 6.07) is 14.4. The Labute approximate surface area is 209 Å². The molecule has 1 aromatic heterocycles. The summed E-state index contributed by atoms with van der Waals surface area (Å²) >= 11 is 10.4. The molecule has 3 aromatic rings. The minimum absolute atomic E-state index is 0.0898. The number of hydrogen-bond donors (Lipinski definition) is 5. The van der Waals surface area contributed by atoms with E-state index in [0.29, 0.717) is 59.1 Å². The molecule has 34 heavy (non-hydrogen) atoms. The zero-order valence-corrected chi connectivity index (χ0v) is 20.6. The van der Waals surface area contributed by atoms with E-state index < -0.39 is 0 Å². The number of aromatic nitrogens is 2. The van der Waals surface area contributed by atoms with Crippen molar-refractivity contribution in [2.45, 2.75) is 18.7 Å². The SMILES string of the molecule is CC(=O)NCCNc1nc(-c2ccc(Cl)cc2)nc(NCCNC(=O)c2ccccc2S)c1C. The van der Waals surface area contributed by atoms with Crippen molar-refractivity contribution in [2.24, 2.45) is 0 Å². The molecule has 0 bridgehead atoms. The topological polar surface area (TPSA) is 108 Å². The van der Waals surface area contributed by atoms with Gasteiger partial charge in [-0.3, -0.25) is 9.59 Å². The lowest BCUT2D eigenvalue weighted by molar-refractivity contribution is -0.118. The molecule has 3 rings (SSSR count). The van der Waals surface area contributed by atoms with Crippen molar-refractivity contribution in [1.29, 1.82) is 0 Å². The van der Waals surface area contributed by atoms with Crippen LogP contribution in [0.2, 0.25) is 5.02 Å². The van der Waals surface area contributed by atoms with Gasteiger partial charge in [0.25, 0.3) is 5.91 Å². The third-order valence-electron chi connectivity index (χ3n) is 4.89. The third-order valence-corrected chi connectivity index (χ3v) is 5.53. The zero-order chi connectivity index (χ0) is 24.5. The minimum atomic E-state index is -0.186. The van der Waals surface area contributed by atoms with Gasteiger partial charge >= 0.3 is 0 Å². The highest BCUT2D eigenvalue weighted by molar-refractivity contribution is 7.80. The number of carbonyl (C=O) groups excluding carboxylic acids is 2. The van der Waals surface area contributed by atoms with E-state index in [9.17, 15) is 9.59 Å². The van der Waals surface area contributed by atoms with Gasteiger partial charge in [0.05, 0.1) is 5.56 Å². The number of benzene rings is 2. The molecule has 8 nitrogen and oxygen atoms in total. The van der Waals surface area contributed by atoms with Gasteiger partial charge in [-0.2, -0.15) is 0 Å². The average Bonchev–Trinajstić information content (AvgIpc) is 2.81. The van der Waals surface area contributed by atoms with Crippen LogP contribution in [0, 0.1) is 6.92 Å². The number of carbonyl (C=O) groups is 2. The van der Waals surface area contributed by atoms with E-state index in [4.69, 9.17) is 11.6 Å².